The topological polar surface area (TPSA) is 88.2 Å². The van der Waals surface area contributed by atoms with Gasteiger partial charge in [-0.05, 0) is 38.5 Å². The maximum absolute atomic E-state index is 12.6. The van der Waals surface area contributed by atoms with E-state index in [1.807, 2.05) is 31.2 Å². The Labute approximate surface area is 165 Å². The quantitative estimate of drug-likeness (QED) is 0.760. The molecule has 1 aromatic rings. The molecule has 3 amide bonds. The fourth-order valence-corrected chi connectivity index (χ4v) is 3.01. The van der Waals surface area contributed by atoms with Crippen LogP contribution in [0.4, 0.5) is 4.79 Å². The summed E-state index contributed by atoms with van der Waals surface area (Å²) in [6.07, 6.45) is -0.160. The predicted octanol–water partition coefficient (Wildman–Crippen LogP) is 1.43. The summed E-state index contributed by atoms with van der Waals surface area (Å²) in [4.78, 5) is 39.8. The molecule has 0 saturated carbocycles. The number of rotatable bonds is 7. The van der Waals surface area contributed by atoms with Crippen LogP contribution in [0.2, 0.25) is 0 Å². The molecule has 1 aromatic carbocycles. The summed E-state index contributed by atoms with van der Waals surface area (Å²) in [5.74, 6) is 0.399. The van der Waals surface area contributed by atoms with Crippen molar-refractivity contribution >= 4 is 17.9 Å². The molecule has 0 spiro atoms. The molecule has 1 fully saturated rings. The van der Waals surface area contributed by atoms with E-state index in [9.17, 15) is 14.4 Å². The standard InChI is InChI=1S/C20H29N3O5/c1-4-27-17-8-6-16(7-9-17)14-18(24)21-15(3)19(25)22-10-12-23(13-11-22)20(26)28-5-2/h6-9,15H,4-5,10-14H2,1-3H3,(H,21,24)/t15-/m1/s1. The number of ether oxygens (including phenoxy) is 2. The summed E-state index contributed by atoms with van der Waals surface area (Å²) < 4.78 is 10.4. The van der Waals surface area contributed by atoms with Gasteiger partial charge in [-0.25, -0.2) is 4.79 Å². The van der Waals surface area contributed by atoms with E-state index >= 15 is 0 Å². The van der Waals surface area contributed by atoms with Crippen molar-refractivity contribution in [3.05, 3.63) is 29.8 Å². The Morgan fingerprint density at radius 1 is 1.00 bits per heavy atom. The van der Waals surface area contributed by atoms with Crippen LogP contribution in [0.5, 0.6) is 5.75 Å². The average molecular weight is 391 g/mol. The molecule has 1 saturated heterocycles. The van der Waals surface area contributed by atoms with E-state index in [0.717, 1.165) is 11.3 Å². The van der Waals surface area contributed by atoms with E-state index in [0.29, 0.717) is 39.4 Å². The predicted molar refractivity (Wildman–Crippen MR) is 104 cm³/mol. The zero-order valence-corrected chi connectivity index (χ0v) is 16.8. The Balaban J connectivity index is 1.78. The second kappa shape index (κ2) is 10.5. The van der Waals surface area contributed by atoms with Crippen LogP contribution in [0.1, 0.15) is 26.3 Å². The van der Waals surface area contributed by atoms with Gasteiger partial charge in [-0.15, -0.1) is 0 Å². The number of carbonyl (C=O) groups is 3. The van der Waals surface area contributed by atoms with Crippen molar-refractivity contribution in [2.24, 2.45) is 0 Å². The van der Waals surface area contributed by atoms with Gasteiger partial charge in [0.05, 0.1) is 19.6 Å². The number of carbonyl (C=O) groups excluding carboxylic acids is 3. The summed E-state index contributed by atoms with van der Waals surface area (Å²) in [7, 11) is 0. The number of hydrogen-bond donors (Lipinski definition) is 1. The second-order valence-electron chi connectivity index (χ2n) is 6.55. The molecular formula is C20H29N3O5. The molecule has 154 valence electrons. The van der Waals surface area contributed by atoms with E-state index in [1.54, 1.807) is 23.6 Å². The van der Waals surface area contributed by atoms with Gasteiger partial charge in [-0.1, -0.05) is 12.1 Å². The number of nitrogens with zero attached hydrogens (tertiary/aromatic N) is 2. The number of benzene rings is 1. The van der Waals surface area contributed by atoms with Crippen LogP contribution >= 0.6 is 0 Å². The van der Waals surface area contributed by atoms with Crippen LogP contribution in [-0.2, 0) is 20.7 Å². The highest BCUT2D eigenvalue weighted by molar-refractivity contribution is 5.88. The first-order chi connectivity index (χ1) is 13.4. The van der Waals surface area contributed by atoms with E-state index in [-0.39, 0.29) is 24.3 Å². The molecule has 0 aliphatic carbocycles. The van der Waals surface area contributed by atoms with Gasteiger partial charge < -0.3 is 24.6 Å². The van der Waals surface area contributed by atoms with Crippen molar-refractivity contribution in [1.29, 1.82) is 0 Å². The summed E-state index contributed by atoms with van der Waals surface area (Å²) in [6, 6.07) is 6.70. The molecule has 1 atom stereocenters. The number of piperazine rings is 1. The van der Waals surface area contributed by atoms with Crippen molar-refractivity contribution in [2.75, 3.05) is 39.4 Å². The first kappa shape index (κ1) is 21.5. The maximum Gasteiger partial charge on any atom is 0.409 e. The van der Waals surface area contributed by atoms with Crippen LogP contribution in [-0.4, -0.2) is 73.1 Å². The third-order valence-corrected chi connectivity index (χ3v) is 4.46. The Kier molecular flexibility index (Phi) is 8.10. The lowest BCUT2D eigenvalue weighted by Crippen LogP contribution is -2.55. The number of nitrogens with one attached hydrogen (secondary N) is 1. The Morgan fingerprint density at radius 2 is 1.61 bits per heavy atom. The van der Waals surface area contributed by atoms with E-state index in [4.69, 9.17) is 9.47 Å². The van der Waals surface area contributed by atoms with E-state index in [1.165, 1.54) is 0 Å². The minimum absolute atomic E-state index is 0.149. The number of amides is 3. The van der Waals surface area contributed by atoms with Crippen LogP contribution in [0.25, 0.3) is 0 Å². The minimum Gasteiger partial charge on any atom is -0.494 e. The van der Waals surface area contributed by atoms with Gasteiger partial charge >= 0.3 is 6.09 Å². The van der Waals surface area contributed by atoms with Crippen LogP contribution in [0, 0.1) is 0 Å². The molecule has 1 aliphatic rings. The van der Waals surface area contributed by atoms with Gasteiger partial charge in [-0.2, -0.15) is 0 Å². The molecule has 0 radical (unpaired) electrons. The fraction of sp³-hybridized carbons (Fsp3) is 0.550. The lowest BCUT2D eigenvalue weighted by atomic mass is 10.1. The first-order valence-corrected chi connectivity index (χ1v) is 9.66. The molecule has 28 heavy (non-hydrogen) atoms. The lowest BCUT2D eigenvalue weighted by Gasteiger charge is -2.35. The zero-order chi connectivity index (χ0) is 20.5. The van der Waals surface area contributed by atoms with Crippen molar-refractivity contribution < 1.29 is 23.9 Å². The molecule has 1 heterocycles. The summed E-state index contributed by atoms with van der Waals surface area (Å²) in [5.41, 5.74) is 0.851. The molecule has 1 aliphatic heterocycles. The van der Waals surface area contributed by atoms with E-state index in [2.05, 4.69) is 5.32 Å². The number of hydrogen-bond acceptors (Lipinski definition) is 5. The van der Waals surface area contributed by atoms with Gasteiger partial charge in [0, 0.05) is 26.2 Å². The molecule has 1 N–H and O–H groups in total. The smallest absolute Gasteiger partial charge is 0.409 e. The highest BCUT2D eigenvalue weighted by Gasteiger charge is 2.28. The highest BCUT2D eigenvalue weighted by atomic mass is 16.6. The van der Waals surface area contributed by atoms with Crippen molar-refractivity contribution in [3.8, 4) is 5.75 Å². The van der Waals surface area contributed by atoms with Crippen LogP contribution in [0.15, 0.2) is 24.3 Å². The SMILES string of the molecule is CCOC(=O)N1CCN(C(=O)[C@@H](C)NC(=O)Cc2ccc(OCC)cc2)CC1. The Hall–Kier alpha value is -2.77. The summed E-state index contributed by atoms with van der Waals surface area (Å²) in [6.45, 7) is 7.98. The normalized spacial score (nSPS) is 15.0. The fourth-order valence-electron chi connectivity index (χ4n) is 3.01. The Bertz CT molecular complexity index is 669. The molecular weight excluding hydrogens is 362 g/mol. The molecule has 8 heteroatoms. The van der Waals surface area contributed by atoms with Crippen molar-refractivity contribution in [2.45, 2.75) is 33.2 Å². The van der Waals surface area contributed by atoms with Gasteiger partial charge in [0.1, 0.15) is 11.8 Å². The van der Waals surface area contributed by atoms with Gasteiger partial charge in [0.2, 0.25) is 11.8 Å². The van der Waals surface area contributed by atoms with Gasteiger partial charge in [-0.3, -0.25) is 9.59 Å². The zero-order valence-electron chi connectivity index (χ0n) is 16.8. The average Bonchev–Trinajstić information content (AvgIpc) is 2.69. The first-order valence-electron chi connectivity index (χ1n) is 9.66. The monoisotopic (exact) mass is 391 g/mol. The molecule has 0 unspecified atom stereocenters. The molecule has 0 aromatic heterocycles. The van der Waals surface area contributed by atoms with E-state index < -0.39 is 6.04 Å². The lowest BCUT2D eigenvalue weighted by molar-refractivity contribution is -0.137. The third kappa shape index (κ3) is 6.14. The third-order valence-electron chi connectivity index (χ3n) is 4.46. The highest BCUT2D eigenvalue weighted by Crippen LogP contribution is 2.12. The largest absolute Gasteiger partial charge is 0.494 e. The van der Waals surface area contributed by atoms with Crippen LogP contribution in [0.3, 0.4) is 0 Å². The molecule has 8 nitrogen and oxygen atoms in total. The van der Waals surface area contributed by atoms with Crippen LogP contribution < -0.4 is 10.1 Å². The second-order valence-corrected chi connectivity index (χ2v) is 6.55. The molecule has 0 bridgehead atoms. The Morgan fingerprint density at radius 3 is 2.18 bits per heavy atom. The maximum atomic E-state index is 12.6. The summed E-state index contributed by atoms with van der Waals surface area (Å²) in [5, 5.41) is 2.75. The minimum atomic E-state index is -0.621. The summed E-state index contributed by atoms with van der Waals surface area (Å²) >= 11 is 0. The molecule has 2 rings (SSSR count). The van der Waals surface area contributed by atoms with Crippen molar-refractivity contribution in [1.82, 2.24) is 15.1 Å². The van der Waals surface area contributed by atoms with Crippen molar-refractivity contribution in [3.63, 3.8) is 0 Å². The van der Waals surface area contributed by atoms with Gasteiger partial charge in [0.25, 0.3) is 0 Å². The van der Waals surface area contributed by atoms with Gasteiger partial charge in [0.15, 0.2) is 0 Å².